The summed E-state index contributed by atoms with van der Waals surface area (Å²) >= 11 is 0. The van der Waals surface area contributed by atoms with E-state index in [1.807, 2.05) is 12.1 Å². The Hall–Kier alpha value is -1.31. The topological polar surface area (TPSA) is 37.3 Å². The molecule has 0 saturated heterocycles. The SMILES string of the molecule is CCCCCC1CCc2cc(C(=O)O)ccc2C1C1CCC(C)CC1. The Balaban J connectivity index is 1.85. The van der Waals surface area contributed by atoms with Gasteiger partial charge in [0, 0.05) is 0 Å². The highest BCUT2D eigenvalue weighted by atomic mass is 16.4. The lowest BCUT2D eigenvalue weighted by atomic mass is 9.63. The average molecular weight is 343 g/mol. The van der Waals surface area contributed by atoms with Crippen LogP contribution in [0.1, 0.15) is 99.0 Å². The molecule has 2 atom stereocenters. The molecule has 1 fully saturated rings. The molecule has 2 unspecified atom stereocenters. The third-order valence-corrected chi connectivity index (χ3v) is 6.79. The molecule has 2 aliphatic carbocycles. The van der Waals surface area contributed by atoms with Crippen LogP contribution in [-0.2, 0) is 6.42 Å². The van der Waals surface area contributed by atoms with E-state index >= 15 is 0 Å². The number of benzene rings is 1. The molecule has 1 saturated carbocycles. The monoisotopic (exact) mass is 342 g/mol. The van der Waals surface area contributed by atoms with Crippen molar-refractivity contribution in [3.05, 3.63) is 34.9 Å². The summed E-state index contributed by atoms with van der Waals surface area (Å²) in [5, 5.41) is 9.33. The molecule has 2 heteroatoms. The van der Waals surface area contributed by atoms with E-state index in [0.29, 0.717) is 11.5 Å². The molecule has 25 heavy (non-hydrogen) atoms. The van der Waals surface area contributed by atoms with Crippen molar-refractivity contribution >= 4 is 5.97 Å². The Labute approximate surface area is 153 Å². The van der Waals surface area contributed by atoms with Crippen molar-refractivity contribution in [3.8, 4) is 0 Å². The standard InChI is InChI=1S/C23H34O2/c1-3-4-5-6-17-11-12-19-15-20(23(24)25)13-14-21(19)22(17)18-9-7-16(2)8-10-18/h13-18,22H,3-12H2,1-2H3,(H,24,25). The van der Waals surface area contributed by atoms with Gasteiger partial charge < -0.3 is 5.11 Å². The van der Waals surface area contributed by atoms with Gasteiger partial charge in [-0.3, -0.25) is 0 Å². The summed E-state index contributed by atoms with van der Waals surface area (Å²) in [6, 6.07) is 5.96. The summed E-state index contributed by atoms with van der Waals surface area (Å²) in [6.07, 6.45) is 13.1. The van der Waals surface area contributed by atoms with Gasteiger partial charge in [-0.25, -0.2) is 4.79 Å². The minimum absolute atomic E-state index is 0.458. The van der Waals surface area contributed by atoms with Crippen LogP contribution < -0.4 is 0 Å². The maximum absolute atomic E-state index is 11.3. The number of carboxylic acids is 1. The predicted octanol–water partition coefficient (Wildman–Crippen LogP) is 6.44. The summed E-state index contributed by atoms with van der Waals surface area (Å²) in [5.74, 6) is 2.35. The first-order valence-corrected chi connectivity index (χ1v) is 10.5. The predicted molar refractivity (Wildman–Crippen MR) is 103 cm³/mol. The molecule has 0 aromatic heterocycles. The maximum Gasteiger partial charge on any atom is 0.335 e. The van der Waals surface area contributed by atoms with Gasteiger partial charge in [0.25, 0.3) is 0 Å². The summed E-state index contributed by atoms with van der Waals surface area (Å²) < 4.78 is 0. The lowest BCUT2D eigenvalue weighted by Gasteiger charge is -2.41. The second kappa shape index (κ2) is 8.38. The van der Waals surface area contributed by atoms with Gasteiger partial charge in [-0.05, 0) is 79.0 Å². The Kier molecular flexibility index (Phi) is 6.19. The molecular formula is C23H34O2. The number of unbranched alkanes of at least 4 members (excludes halogenated alkanes) is 2. The number of carbonyl (C=O) groups is 1. The van der Waals surface area contributed by atoms with E-state index in [1.165, 1.54) is 68.9 Å². The van der Waals surface area contributed by atoms with Gasteiger partial charge in [0.05, 0.1) is 5.56 Å². The van der Waals surface area contributed by atoms with E-state index < -0.39 is 5.97 Å². The summed E-state index contributed by atoms with van der Waals surface area (Å²) in [4.78, 5) is 11.3. The smallest absolute Gasteiger partial charge is 0.335 e. The van der Waals surface area contributed by atoms with Gasteiger partial charge >= 0.3 is 5.97 Å². The molecule has 0 aliphatic heterocycles. The minimum atomic E-state index is -0.795. The highest BCUT2D eigenvalue weighted by Gasteiger charge is 2.36. The lowest BCUT2D eigenvalue weighted by Crippen LogP contribution is -2.30. The van der Waals surface area contributed by atoms with E-state index in [-0.39, 0.29) is 0 Å². The molecule has 0 bridgehead atoms. The second-order valence-corrected chi connectivity index (χ2v) is 8.56. The fourth-order valence-corrected chi connectivity index (χ4v) is 5.32. The van der Waals surface area contributed by atoms with Crippen molar-refractivity contribution in [3.63, 3.8) is 0 Å². The maximum atomic E-state index is 11.3. The molecule has 3 rings (SSSR count). The van der Waals surface area contributed by atoms with Crippen LogP contribution in [0.15, 0.2) is 18.2 Å². The first-order chi connectivity index (χ1) is 12.1. The first kappa shape index (κ1) is 18.5. The van der Waals surface area contributed by atoms with Crippen molar-refractivity contribution in [2.24, 2.45) is 17.8 Å². The third kappa shape index (κ3) is 4.27. The Morgan fingerprint density at radius 1 is 1.12 bits per heavy atom. The quantitative estimate of drug-likeness (QED) is 0.604. The first-order valence-electron chi connectivity index (χ1n) is 10.5. The normalized spacial score (nSPS) is 29.2. The molecule has 1 aromatic carbocycles. The van der Waals surface area contributed by atoms with Crippen LogP contribution in [0.3, 0.4) is 0 Å². The molecule has 0 spiro atoms. The number of aryl methyl sites for hydroxylation is 1. The molecule has 1 N–H and O–H groups in total. The highest BCUT2D eigenvalue weighted by molar-refractivity contribution is 5.88. The summed E-state index contributed by atoms with van der Waals surface area (Å²) in [6.45, 7) is 4.67. The van der Waals surface area contributed by atoms with Crippen molar-refractivity contribution in [2.75, 3.05) is 0 Å². The molecule has 0 radical (unpaired) electrons. The lowest BCUT2D eigenvalue weighted by molar-refractivity contribution is 0.0696. The molecule has 1 aromatic rings. The number of rotatable bonds is 6. The van der Waals surface area contributed by atoms with Crippen LogP contribution in [-0.4, -0.2) is 11.1 Å². The van der Waals surface area contributed by atoms with Gasteiger partial charge in [-0.15, -0.1) is 0 Å². The van der Waals surface area contributed by atoms with Crippen LogP contribution >= 0.6 is 0 Å². The fraction of sp³-hybridized carbons (Fsp3) is 0.696. The average Bonchev–Trinajstić information content (AvgIpc) is 2.62. The summed E-state index contributed by atoms with van der Waals surface area (Å²) in [7, 11) is 0. The minimum Gasteiger partial charge on any atom is -0.478 e. The van der Waals surface area contributed by atoms with Crippen LogP contribution in [0.5, 0.6) is 0 Å². The van der Waals surface area contributed by atoms with Gasteiger partial charge in [-0.2, -0.15) is 0 Å². The number of carboxylic acid groups (broad SMARTS) is 1. The van der Waals surface area contributed by atoms with Crippen LogP contribution in [0.2, 0.25) is 0 Å². The number of fused-ring (bicyclic) bond motifs is 1. The Bertz CT molecular complexity index is 584. The van der Waals surface area contributed by atoms with Crippen molar-refractivity contribution in [2.45, 2.75) is 84.0 Å². The van der Waals surface area contributed by atoms with Crippen molar-refractivity contribution in [1.82, 2.24) is 0 Å². The third-order valence-electron chi connectivity index (χ3n) is 6.79. The zero-order valence-corrected chi connectivity index (χ0v) is 16.0. The molecule has 2 nitrogen and oxygen atoms in total. The zero-order valence-electron chi connectivity index (χ0n) is 16.0. The van der Waals surface area contributed by atoms with E-state index in [4.69, 9.17) is 0 Å². The number of aromatic carboxylic acids is 1. The van der Waals surface area contributed by atoms with E-state index in [1.54, 1.807) is 0 Å². The molecule has 0 amide bonds. The number of hydrogen-bond acceptors (Lipinski definition) is 1. The highest BCUT2D eigenvalue weighted by Crippen LogP contribution is 2.48. The largest absolute Gasteiger partial charge is 0.478 e. The Morgan fingerprint density at radius 2 is 1.88 bits per heavy atom. The van der Waals surface area contributed by atoms with Crippen molar-refractivity contribution in [1.29, 1.82) is 0 Å². The second-order valence-electron chi connectivity index (χ2n) is 8.56. The van der Waals surface area contributed by atoms with E-state index in [0.717, 1.165) is 24.2 Å². The van der Waals surface area contributed by atoms with Crippen molar-refractivity contribution < 1.29 is 9.90 Å². The van der Waals surface area contributed by atoms with Gasteiger partial charge in [-0.1, -0.05) is 52.0 Å². The zero-order chi connectivity index (χ0) is 17.8. The molecule has 0 heterocycles. The van der Waals surface area contributed by atoms with Crippen LogP contribution in [0, 0.1) is 17.8 Å². The fourth-order valence-electron chi connectivity index (χ4n) is 5.32. The van der Waals surface area contributed by atoms with Gasteiger partial charge in [0.15, 0.2) is 0 Å². The van der Waals surface area contributed by atoms with Crippen LogP contribution in [0.4, 0.5) is 0 Å². The van der Waals surface area contributed by atoms with E-state index in [9.17, 15) is 9.90 Å². The summed E-state index contributed by atoms with van der Waals surface area (Å²) in [5.41, 5.74) is 3.26. The number of hydrogen-bond donors (Lipinski definition) is 1. The molecular weight excluding hydrogens is 308 g/mol. The Morgan fingerprint density at radius 3 is 2.56 bits per heavy atom. The van der Waals surface area contributed by atoms with E-state index in [2.05, 4.69) is 19.9 Å². The molecule has 138 valence electrons. The van der Waals surface area contributed by atoms with Crippen LogP contribution in [0.25, 0.3) is 0 Å². The molecule has 2 aliphatic rings. The van der Waals surface area contributed by atoms with Gasteiger partial charge in [0.1, 0.15) is 0 Å². The van der Waals surface area contributed by atoms with Gasteiger partial charge in [0.2, 0.25) is 0 Å².